The van der Waals surface area contributed by atoms with E-state index in [4.69, 9.17) is 5.11 Å². The summed E-state index contributed by atoms with van der Waals surface area (Å²) in [6.07, 6.45) is 0.759. The lowest BCUT2D eigenvalue weighted by molar-refractivity contribution is -0.141. The van der Waals surface area contributed by atoms with Crippen LogP contribution in [0.5, 0.6) is 0 Å². The molecule has 2 heterocycles. The second-order valence-electron chi connectivity index (χ2n) is 4.37. The fourth-order valence-electron chi connectivity index (χ4n) is 2.12. The van der Waals surface area contributed by atoms with Gasteiger partial charge in [-0.1, -0.05) is 6.07 Å². The molecule has 0 aromatic carbocycles. The zero-order valence-corrected chi connectivity index (χ0v) is 9.91. The van der Waals surface area contributed by atoms with Gasteiger partial charge in [-0.3, -0.25) is 9.78 Å². The van der Waals surface area contributed by atoms with Crippen molar-refractivity contribution < 1.29 is 19.8 Å². The Kier molecular flexibility index (Phi) is 3.29. The minimum Gasteiger partial charge on any atom is -0.480 e. The van der Waals surface area contributed by atoms with E-state index in [0.717, 1.165) is 0 Å². The second-order valence-corrected chi connectivity index (χ2v) is 4.37. The van der Waals surface area contributed by atoms with Crippen LogP contribution in [0.1, 0.15) is 22.5 Å². The van der Waals surface area contributed by atoms with Crippen LogP contribution in [0.25, 0.3) is 0 Å². The van der Waals surface area contributed by atoms with Gasteiger partial charge in [-0.05, 0) is 18.6 Å². The summed E-state index contributed by atoms with van der Waals surface area (Å²) < 4.78 is 0. The van der Waals surface area contributed by atoms with Gasteiger partial charge < -0.3 is 15.1 Å². The molecule has 96 valence electrons. The van der Waals surface area contributed by atoms with Crippen LogP contribution in [0, 0.1) is 6.92 Å². The van der Waals surface area contributed by atoms with Gasteiger partial charge in [0, 0.05) is 19.2 Å². The van der Waals surface area contributed by atoms with Crippen molar-refractivity contribution in [3.8, 4) is 0 Å². The minimum atomic E-state index is -1.10. The number of likely N-dealkylation sites (tertiary alicyclic amines) is 1. The van der Waals surface area contributed by atoms with Gasteiger partial charge in [0.25, 0.3) is 5.91 Å². The number of carbonyl (C=O) groups excluding carboxylic acids is 1. The van der Waals surface area contributed by atoms with Crippen LogP contribution in [-0.2, 0) is 4.79 Å². The van der Waals surface area contributed by atoms with E-state index >= 15 is 0 Å². The van der Waals surface area contributed by atoms with Crippen molar-refractivity contribution in [1.29, 1.82) is 0 Å². The van der Waals surface area contributed by atoms with E-state index in [-0.39, 0.29) is 18.7 Å². The molecule has 1 aliphatic rings. The number of carbonyl (C=O) groups is 2. The zero-order valence-electron chi connectivity index (χ0n) is 9.91. The lowest BCUT2D eigenvalue weighted by Gasteiger charge is -2.21. The molecule has 1 aliphatic heterocycles. The van der Waals surface area contributed by atoms with Crippen molar-refractivity contribution in [3.63, 3.8) is 0 Å². The number of carboxylic acids is 1. The van der Waals surface area contributed by atoms with Gasteiger partial charge >= 0.3 is 5.97 Å². The molecule has 0 spiro atoms. The van der Waals surface area contributed by atoms with Crippen LogP contribution in [-0.4, -0.2) is 50.7 Å². The van der Waals surface area contributed by atoms with E-state index in [0.29, 0.717) is 5.56 Å². The molecule has 1 saturated heterocycles. The first-order valence-electron chi connectivity index (χ1n) is 5.64. The summed E-state index contributed by atoms with van der Waals surface area (Å²) in [4.78, 5) is 28.4. The van der Waals surface area contributed by atoms with Crippen molar-refractivity contribution in [2.45, 2.75) is 25.5 Å². The van der Waals surface area contributed by atoms with E-state index in [2.05, 4.69) is 4.98 Å². The summed E-state index contributed by atoms with van der Waals surface area (Å²) in [7, 11) is 0. The molecule has 1 fully saturated rings. The summed E-state index contributed by atoms with van der Waals surface area (Å²) in [6.45, 7) is 1.77. The Bertz CT molecular complexity index is 489. The lowest BCUT2D eigenvalue weighted by Crippen LogP contribution is -2.41. The van der Waals surface area contributed by atoms with Crippen molar-refractivity contribution in [3.05, 3.63) is 29.6 Å². The number of nitrogens with zero attached hydrogens (tertiary/aromatic N) is 2. The number of carboxylic acid groups (broad SMARTS) is 1. The average molecular weight is 250 g/mol. The van der Waals surface area contributed by atoms with E-state index < -0.39 is 24.0 Å². The number of hydrogen-bond acceptors (Lipinski definition) is 4. The number of aliphatic hydroxyl groups is 1. The number of rotatable bonds is 2. The molecule has 1 amide bonds. The molecule has 2 rings (SSSR count). The smallest absolute Gasteiger partial charge is 0.326 e. The SMILES string of the molecule is Cc1cccnc1C(=O)N1C[C@H](O)C[C@@H]1C(=O)O. The third-order valence-corrected chi connectivity index (χ3v) is 3.04. The highest BCUT2D eigenvalue weighted by Gasteiger charge is 2.39. The van der Waals surface area contributed by atoms with Gasteiger partial charge in [-0.15, -0.1) is 0 Å². The quantitative estimate of drug-likeness (QED) is 0.774. The van der Waals surface area contributed by atoms with Crippen molar-refractivity contribution >= 4 is 11.9 Å². The molecule has 2 atom stereocenters. The fraction of sp³-hybridized carbons (Fsp3) is 0.417. The van der Waals surface area contributed by atoms with E-state index in [9.17, 15) is 14.7 Å². The van der Waals surface area contributed by atoms with Gasteiger partial charge in [0.05, 0.1) is 6.10 Å². The van der Waals surface area contributed by atoms with Crippen LogP contribution in [0.4, 0.5) is 0 Å². The molecule has 2 N–H and O–H groups in total. The standard InChI is InChI=1S/C12H14N2O4/c1-7-3-2-4-13-10(7)11(16)14-6-8(15)5-9(14)12(17)18/h2-4,8-9,15H,5-6H2,1H3,(H,17,18)/t8-,9-/m1/s1. The topological polar surface area (TPSA) is 90.7 Å². The van der Waals surface area contributed by atoms with Gasteiger partial charge in [0.1, 0.15) is 11.7 Å². The van der Waals surface area contributed by atoms with Gasteiger partial charge in [0.15, 0.2) is 0 Å². The van der Waals surface area contributed by atoms with Crippen molar-refractivity contribution in [2.24, 2.45) is 0 Å². The van der Waals surface area contributed by atoms with Crippen LogP contribution < -0.4 is 0 Å². The molecule has 6 nitrogen and oxygen atoms in total. The number of aryl methyl sites for hydroxylation is 1. The van der Waals surface area contributed by atoms with Crippen LogP contribution in [0.15, 0.2) is 18.3 Å². The van der Waals surface area contributed by atoms with Crippen molar-refractivity contribution in [2.75, 3.05) is 6.54 Å². The van der Waals surface area contributed by atoms with Gasteiger partial charge in [-0.25, -0.2) is 4.79 Å². The Morgan fingerprint density at radius 2 is 2.22 bits per heavy atom. The maximum absolute atomic E-state index is 12.2. The Morgan fingerprint density at radius 3 is 2.83 bits per heavy atom. The second kappa shape index (κ2) is 4.73. The maximum Gasteiger partial charge on any atom is 0.326 e. The Morgan fingerprint density at radius 1 is 1.50 bits per heavy atom. The Hall–Kier alpha value is -1.95. The summed E-state index contributed by atoms with van der Waals surface area (Å²) >= 11 is 0. The molecular weight excluding hydrogens is 236 g/mol. The fourth-order valence-corrected chi connectivity index (χ4v) is 2.12. The first-order valence-corrected chi connectivity index (χ1v) is 5.64. The first-order chi connectivity index (χ1) is 8.50. The number of aromatic nitrogens is 1. The third-order valence-electron chi connectivity index (χ3n) is 3.04. The third kappa shape index (κ3) is 2.19. The highest BCUT2D eigenvalue weighted by atomic mass is 16.4. The summed E-state index contributed by atoms with van der Waals surface area (Å²) in [5.41, 5.74) is 0.922. The Balaban J connectivity index is 2.28. The predicted octanol–water partition coefficient (Wildman–Crippen LogP) is 0.0500. The normalized spacial score (nSPS) is 23.1. The van der Waals surface area contributed by atoms with Crippen LogP contribution >= 0.6 is 0 Å². The van der Waals surface area contributed by atoms with Crippen LogP contribution in [0.2, 0.25) is 0 Å². The zero-order chi connectivity index (χ0) is 13.3. The van der Waals surface area contributed by atoms with Crippen molar-refractivity contribution in [1.82, 2.24) is 9.88 Å². The highest BCUT2D eigenvalue weighted by molar-refractivity contribution is 5.96. The van der Waals surface area contributed by atoms with Crippen LogP contribution in [0.3, 0.4) is 0 Å². The molecular formula is C12H14N2O4. The number of pyridine rings is 1. The predicted molar refractivity (Wildman–Crippen MR) is 62.1 cm³/mol. The monoisotopic (exact) mass is 250 g/mol. The number of amides is 1. The molecule has 0 saturated carbocycles. The molecule has 0 aliphatic carbocycles. The average Bonchev–Trinajstić information content (AvgIpc) is 2.71. The van der Waals surface area contributed by atoms with E-state index in [1.807, 2.05) is 0 Å². The molecule has 0 bridgehead atoms. The van der Waals surface area contributed by atoms with Gasteiger partial charge in [-0.2, -0.15) is 0 Å². The van der Waals surface area contributed by atoms with E-state index in [1.165, 1.54) is 11.1 Å². The maximum atomic E-state index is 12.2. The molecule has 1 aromatic heterocycles. The molecule has 0 radical (unpaired) electrons. The largest absolute Gasteiger partial charge is 0.480 e. The Labute approximate surface area is 104 Å². The molecule has 0 unspecified atom stereocenters. The first kappa shape index (κ1) is 12.5. The summed E-state index contributed by atoms with van der Waals surface area (Å²) in [5.74, 6) is -1.55. The molecule has 18 heavy (non-hydrogen) atoms. The van der Waals surface area contributed by atoms with Gasteiger partial charge in [0.2, 0.25) is 0 Å². The molecule has 6 heteroatoms. The summed E-state index contributed by atoms with van der Waals surface area (Å²) in [6, 6.07) is 2.47. The van der Waals surface area contributed by atoms with E-state index in [1.54, 1.807) is 19.1 Å². The molecule has 1 aromatic rings. The number of hydrogen-bond donors (Lipinski definition) is 2. The lowest BCUT2D eigenvalue weighted by atomic mass is 10.1. The summed E-state index contributed by atoms with van der Waals surface area (Å²) in [5, 5.41) is 18.5. The number of aliphatic carboxylic acids is 1. The highest BCUT2D eigenvalue weighted by Crippen LogP contribution is 2.21. The number of β-amino-alcohol motifs (C(OH)–C–C–N with tert-alkyl or cyclic N) is 1. The number of aliphatic hydroxyl groups excluding tert-OH is 1. The minimum absolute atomic E-state index is 0.0335.